The molecule has 1 nitrogen and oxygen atoms in total. The molecule has 0 amide bonds. The summed E-state index contributed by atoms with van der Waals surface area (Å²) in [5.41, 5.74) is 1.35. The van der Waals surface area contributed by atoms with Crippen LogP contribution >= 0.6 is 15.9 Å². The van der Waals surface area contributed by atoms with Gasteiger partial charge in [0.2, 0.25) is 0 Å². The Kier molecular flexibility index (Phi) is 4.33. The minimum absolute atomic E-state index is 0.448. The summed E-state index contributed by atoms with van der Waals surface area (Å²) in [5.74, 6) is 0. The molecule has 66 valence electrons. The third-order valence-corrected chi connectivity index (χ3v) is 2.24. The molecule has 0 radical (unpaired) electrons. The van der Waals surface area contributed by atoms with Crippen molar-refractivity contribution in [3.8, 4) is 0 Å². The normalized spacial score (nSPS) is 12.8. The van der Waals surface area contributed by atoms with Gasteiger partial charge in [-0.3, -0.25) is 0 Å². The third kappa shape index (κ3) is 2.95. The second kappa shape index (κ2) is 5.33. The predicted molar refractivity (Wildman–Crippen MR) is 56.7 cm³/mol. The van der Waals surface area contributed by atoms with Crippen LogP contribution in [0, 0.1) is 0 Å². The van der Waals surface area contributed by atoms with Gasteiger partial charge >= 0.3 is 0 Å². The van der Waals surface area contributed by atoms with Crippen molar-refractivity contribution in [1.29, 1.82) is 0 Å². The molecule has 2 heteroatoms. The standard InChI is InChI=1S/C10H14BrN/c1-9(12-8-7-11)10-5-3-2-4-6-10/h2-6,9,12H,7-8H2,1H3/t9-/m0/s1. The lowest BCUT2D eigenvalue weighted by Crippen LogP contribution is -2.20. The van der Waals surface area contributed by atoms with Crippen LogP contribution in [-0.4, -0.2) is 11.9 Å². The number of halogens is 1. The Hall–Kier alpha value is -0.340. The summed E-state index contributed by atoms with van der Waals surface area (Å²) in [6.45, 7) is 3.19. The molecular weight excluding hydrogens is 214 g/mol. The molecule has 0 aliphatic heterocycles. The summed E-state index contributed by atoms with van der Waals surface area (Å²) in [6, 6.07) is 10.9. The molecular formula is C10H14BrN. The van der Waals surface area contributed by atoms with Crippen LogP contribution in [0.15, 0.2) is 30.3 Å². The Morgan fingerprint density at radius 3 is 2.58 bits per heavy atom. The molecule has 0 spiro atoms. The van der Waals surface area contributed by atoms with E-state index >= 15 is 0 Å². The highest BCUT2D eigenvalue weighted by Gasteiger charge is 2.01. The first-order valence-corrected chi connectivity index (χ1v) is 5.31. The first-order chi connectivity index (χ1) is 5.84. The van der Waals surface area contributed by atoms with Crippen molar-refractivity contribution in [2.75, 3.05) is 11.9 Å². The quantitative estimate of drug-likeness (QED) is 0.781. The van der Waals surface area contributed by atoms with E-state index in [1.54, 1.807) is 0 Å². The highest BCUT2D eigenvalue weighted by molar-refractivity contribution is 9.09. The Balaban J connectivity index is 2.48. The van der Waals surface area contributed by atoms with Crippen molar-refractivity contribution in [2.45, 2.75) is 13.0 Å². The highest BCUT2D eigenvalue weighted by atomic mass is 79.9. The van der Waals surface area contributed by atoms with Gasteiger partial charge in [0.1, 0.15) is 0 Å². The fraction of sp³-hybridized carbons (Fsp3) is 0.400. The van der Waals surface area contributed by atoms with E-state index in [-0.39, 0.29) is 0 Å². The maximum Gasteiger partial charge on any atom is 0.0292 e. The molecule has 1 N–H and O–H groups in total. The number of benzene rings is 1. The lowest BCUT2D eigenvalue weighted by atomic mass is 10.1. The van der Waals surface area contributed by atoms with Gasteiger partial charge in [-0.15, -0.1) is 0 Å². The molecule has 0 unspecified atom stereocenters. The molecule has 0 aromatic heterocycles. The van der Waals surface area contributed by atoms with Crippen molar-refractivity contribution < 1.29 is 0 Å². The van der Waals surface area contributed by atoms with Crippen LogP contribution in [0.25, 0.3) is 0 Å². The second-order valence-electron chi connectivity index (χ2n) is 2.78. The van der Waals surface area contributed by atoms with E-state index in [0.717, 1.165) is 11.9 Å². The highest BCUT2D eigenvalue weighted by Crippen LogP contribution is 2.10. The molecule has 12 heavy (non-hydrogen) atoms. The van der Waals surface area contributed by atoms with Gasteiger partial charge in [-0.2, -0.15) is 0 Å². The topological polar surface area (TPSA) is 12.0 Å². The molecule has 0 bridgehead atoms. The van der Waals surface area contributed by atoms with Crippen molar-refractivity contribution >= 4 is 15.9 Å². The maximum atomic E-state index is 3.40. The third-order valence-electron chi connectivity index (χ3n) is 1.84. The fourth-order valence-electron chi connectivity index (χ4n) is 1.13. The number of rotatable bonds is 4. The van der Waals surface area contributed by atoms with Crippen LogP contribution in [0.4, 0.5) is 0 Å². The van der Waals surface area contributed by atoms with Crippen LogP contribution in [-0.2, 0) is 0 Å². The molecule has 0 saturated carbocycles. The largest absolute Gasteiger partial charge is 0.309 e. The number of hydrogen-bond acceptors (Lipinski definition) is 1. The minimum atomic E-state index is 0.448. The van der Waals surface area contributed by atoms with Crippen molar-refractivity contribution in [1.82, 2.24) is 5.32 Å². The van der Waals surface area contributed by atoms with Gasteiger partial charge in [0.25, 0.3) is 0 Å². The SMILES string of the molecule is C[C@H](NCCBr)c1ccccc1. The monoisotopic (exact) mass is 227 g/mol. The first-order valence-electron chi connectivity index (χ1n) is 4.19. The van der Waals surface area contributed by atoms with Gasteiger partial charge in [-0.05, 0) is 12.5 Å². The van der Waals surface area contributed by atoms with Gasteiger partial charge in [-0.25, -0.2) is 0 Å². The summed E-state index contributed by atoms with van der Waals surface area (Å²) < 4.78 is 0. The van der Waals surface area contributed by atoms with Gasteiger partial charge in [-0.1, -0.05) is 46.3 Å². The Morgan fingerprint density at radius 1 is 1.33 bits per heavy atom. The van der Waals surface area contributed by atoms with E-state index in [2.05, 4.69) is 52.4 Å². The lowest BCUT2D eigenvalue weighted by Gasteiger charge is -2.12. The molecule has 0 fully saturated rings. The molecule has 1 rings (SSSR count). The van der Waals surface area contributed by atoms with Crippen molar-refractivity contribution in [3.63, 3.8) is 0 Å². The maximum absolute atomic E-state index is 3.40. The zero-order valence-corrected chi connectivity index (χ0v) is 8.84. The van der Waals surface area contributed by atoms with Crippen molar-refractivity contribution in [2.24, 2.45) is 0 Å². The van der Waals surface area contributed by atoms with Gasteiger partial charge in [0.15, 0.2) is 0 Å². The predicted octanol–water partition coefficient (Wildman–Crippen LogP) is 2.73. The van der Waals surface area contributed by atoms with Gasteiger partial charge < -0.3 is 5.32 Å². The Labute approximate surface area is 82.3 Å². The second-order valence-corrected chi connectivity index (χ2v) is 3.57. The van der Waals surface area contributed by atoms with Crippen LogP contribution in [0.5, 0.6) is 0 Å². The van der Waals surface area contributed by atoms with Crippen LogP contribution in [0.3, 0.4) is 0 Å². The summed E-state index contributed by atoms with van der Waals surface area (Å²) >= 11 is 3.39. The zero-order valence-electron chi connectivity index (χ0n) is 7.26. The molecule has 1 aromatic carbocycles. The average molecular weight is 228 g/mol. The Morgan fingerprint density at radius 2 is 2.00 bits per heavy atom. The number of alkyl halides is 1. The molecule has 0 aliphatic rings. The van der Waals surface area contributed by atoms with E-state index in [9.17, 15) is 0 Å². The molecule has 1 atom stereocenters. The molecule has 1 aromatic rings. The summed E-state index contributed by atoms with van der Waals surface area (Å²) in [7, 11) is 0. The van der Waals surface area contributed by atoms with E-state index in [0.29, 0.717) is 6.04 Å². The smallest absolute Gasteiger partial charge is 0.0292 e. The number of nitrogens with one attached hydrogen (secondary N) is 1. The van der Waals surface area contributed by atoms with E-state index in [4.69, 9.17) is 0 Å². The van der Waals surface area contributed by atoms with Gasteiger partial charge in [0, 0.05) is 17.9 Å². The molecule has 0 saturated heterocycles. The van der Waals surface area contributed by atoms with E-state index in [1.165, 1.54) is 5.56 Å². The summed E-state index contributed by atoms with van der Waals surface area (Å²) in [4.78, 5) is 0. The molecule has 0 aliphatic carbocycles. The fourth-order valence-corrected chi connectivity index (χ4v) is 1.36. The first kappa shape index (κ1) is 9.75. The Bertz CT molecular complexity index is 210. The van der Waals surface area contributed by atoms with E-state index in [1.807, 2.05) is 6.07 Å². The average Bonchev–Trinajstić information content (AvgIpc) is 2.15. The van der Waals surface area contributed by atoms with Crippen LogP contribution in [0.2, 0.25) is 0 Å². The van der Waals surface area contributed by atoms with E-state index < -0.39 is 0 Å². The lowest BCUT2D eigenvalue weighted by molar-refractivity contribution is 0.602. The minimum Gasteiger partial charge on any atom is -0.309 e. The summed E-state index contributed by atoms with van der Waals surface area (Å²) in [6.07, 6.45) is 0. The number of hydrogen-bond donors (Lipinski definition) is 1. The van der Waals surface area contributed by atoms with Crippen LogP contribution < -0.4 is 5.32 Å². The van der Waals surface area contributed by atoms with Gasteiger partial charge in [0.05, 0.1) is 0 Å². The van der Waals surface area contributed by atoms with Crippen molar-refractivity contribution in [3.05, 3.63) is 35.9 Å². The zero-order chi connectivity index (χ0) is 8.81. The summed E-state index contributed by atoms with van der Waals surface area (Å²) in [5, 5.41) is 4.41. The molecule has 0 heterocycles. The van der Waals surface area contributed by atoms with Crippen LogP contribution in [0.1, 0.15) is 18.5 Å².